The van der Waals surface area contributed by atoms with Crippen LogP contribution in [-0.2, 0) is 64.0 Å². The van der Waals surface area contributed by atoms with Crippen LogP contribution in [0.5, 0.6) is 11.5 Å². The molecule has 1 aliphatic carbocycles. The van der Waals surface area contributed by atoms with Gasteiger partial charge in [0.05, 0.1) is 49.6 Å². The third-order valence-corrected chi connectivity index (χ3v) is 17.8. The summed E-state index contributed by atoms with van der Waals surface area (Å²) in [4.78, 5) is 201. The number of aliphatic hydroxyl groups is 2. The van der Waals surface area contributed by atoms with E-state index < -0.39 is 194 Å². The van der Waals surface area contributed by atoms with Crippen molar-refractivity contribution in [3.63, 3.8) is 0 Å². The molecule has 0 radical (unpaired) electrons. The number of phenols is 2. The van der Waals surface area contributed by atoms with E-state index in [9.17, 15) is 108 Å². The summed E-state index contributed by atoms with van der Waals surface area (Å²) in [5.41, 5.74) is 5.81. The van der Waals surface area contributed by atoms with Crippen LogP contribution in [-0.4, -0.2) is 209 Å². The van der Waals surface area contributed by atoms with Crippen LogP contribution in [0.25, 0.3) is 33.4 Å². The molecule has 31 nitrogen and oxygen atoms in total. The monoisotopic (exact) mass is 1430 g/mol. The molecule has 15 N–H and O–H groups in total. The number of amides is 8. The number of likely N-dealkylation sites (tertiary alicyclic amines) is 1. The average molecular weight is 1430 g/mol. The molecule has 9 atom stereocenters. The number of nitrogens with zero attached hydrogens (tertiary/aromatic N) is 1. The molecule has 1 saturated heterocycles. The minimum absolute atomic E-state index is 0.00785. The maximum Gasteiger partial charge on any atom is 0.336 e. The zero-order valence-electron chi connectivity index (χ0n) is 54.5. The van der Waals surface area contributed by atoms with E-state index in [2.05, 4.69) is 31.9 Å². The molecule has 0 bridgehead atoms. The summed E-state index contributed by atoms with van der Waals surface area (Å²) < 4.78 is 5.89. The Balaban J connectivity index is 1.13. The van der Waals surface area contributed by atoms with Gasteiger partial charge in [-0.15, -0.1) is 0 Å². The van der Waals surface area contributed by atoms with Gasteiger partial charge in [-0.05, 0) is 123 Å². The Hall–Kier alpha value is -10.3. The minimum atomic E-state index is -1.79. The number of hydrogen-bond donors (Lipinski definition) is 14. The Kier molecular flexibility index (Phi) is 29.2. The number of ketones is 3. The molecule has 3 aliphatic rings. The van der Waals surface area contributed by atoms with Crippen molar-refractivity contribution in [2.75, 3.05) is 43.8 Å². The van der Waals surface area contributed by atoms with Gasteiger partial charge >= 0.3 is 17.9 Å². The summed E-state index contributed by atoms with van der Waals surface area (Å²) in [7, 11) is 0. The number of carbonyl (C=O) groups excluding carboxylic acids is 11. The maximum atomic E-state index is 14.5. The first-order chi connectivity index (χ1) is 47.5. The highest BCUT2D eigenvalue weighted by Crippen LogP contribution is 2.42. The SMILES string of the molecule is CSCC[C@H](CC(=O)[C@H](CO)NC(=O)[C@H](CO)CC(=O)[C@H](CCSC)NC(=O)c1ccc(-c2c3ccc(=O)cc-3oc3cc(O)ccc23)c(C(=O)O)c1)C(=O)N[C@@H](CC(N)=O)C(=O)N1CCC[C@H]1C(=O)N[C@@H](CCC(=O)O)C(=O)N[C@@H](Cc1ccc(O)cc1)C(=O)N[C@@H](CC(=O)O)C(C)=O. The third-order valence-electron chi connectivity index (χ3n) is 16.5. The number of aliphatic carboxylic acids is 2. The summed E-state index contributed by atoms with van der Waals surface area (Å²) in [6, 6.07) is 5.99. The number of primary amides is 1. The Morgan fingerprint density at radius 2 is 1.21 bits per heavy atom. The molecule has 3 aromatic rings. The first-order valence-corrected chi connectivity index (χ1v) is 34.2. The summed E-state index contributed by atoms with van der Waals surface area (Å²) in [6.45, 7) is -1.17. The van der Waals surface area contributed by atoms with Crippen LogP contribution < -0.4 is 43.1 Å². The molecular formula is C67H78N8O23S2. The first kappa shape index (κ1) is 78.7. The summed E-state index contributed by atoms with van der Waals surface area (Å²) in [5, 5.41) is 85.4. The van der Waals surface area contributed by atoms with Gasteiger partial charge in [0.25, 0.3) is 5.91 Å². The van der Waals surface area contributed by atoms with Crippen LogP contribution >= 0.6 is 23.5 Å². The molecule has 1 fully saturated rings. The number of hydrogen-bond acceptors (Lipinski definition) is 22. The van der Waals surface area contributed by atoms with E-state index in [0.717, 1.165) is 17.9 Å². The highest BCUT2D eigenvalue weighted by Gasteiger charge is 2.42. The topological polar surface area (TPSA) is 512 Å². The number of carboxylic acids is 3. The number of thioether (sulfide) groups is 2. The summed E-state index contributed by atoms with van der Waals surface area (Å²) >= 11 is 2.55. The molecule has 0 unspecified atom stereocenters. The van der Waals surface area contributed by atoms with Crippen molar-refractivity contribution < 1.29 is 107 Å². The molecule has 2 aliphatic heterocycles. The van der Waals surface area contributed by atoms with Gasteiger partial charge in [0, 0.05) is 72.4 Å². The van der Waals surface area contributed by atoms with Crippen molar-refractivity contribution in [2.45, 2.75) is 120 Å². The number of benzene rings is 4. The molecule has 0 aromatic heterocycles. The van der Waals surface area contributed by atoms with E-state index in [1.54, 1.807) is 12.5 Å². The van der Waals surface area contributed by atoms with Gasteiger partial charge in [0.1, 0.15) is 53.1 Å². The van der Waals surface area contributed by atoms with E-state index in [1.807, 2.05) is 0 Å². The van der Waals surface area contributed by atoms with Gasteiger partial charge in [0.15, 0.2) is 22.8 Å². The fourth-order valence-corrected chi connectivity index (χ4v) is 12.2. The number of aromatic hydroxyl groups is 2. The van der Waals surface area contributed by atoms with Crippen LogP contribution in [0.3, 0.4) is 0 Å². The zero-order chi connectivity index (χ0) is 73.7. The van der Waals surface area contributed by atoms with E-state index in [4.69, 9.17) is 10.2 Å². The molecule has 536 valence electrons. The molecule has 3 aromatic carbocycles. The van der Waals surface area contributed by atoms with Gasteiger partial charge in [0.2, 0.25) is 41.4 Å². The number of carboxylic acid groups (broad SMARTS) is 3. The van der Waals surface area contributed by atoms with Crippen molar-refractivity contribution >= 4 is 117 Å². The van der Waals surface area contributed by atoms with E-state index in [1.165, 1.54) is 96.3 Å². The van der Waals surface area contributed by atoms with Crippen LogP contribution in [0.4, 0.5) is 0 Å². The van der Waals surface area contributed by atoms with Crippen molar-refractivity contribution in [2.24, 2.45) is 17.6 Å². The largest absolute Gasteiger partial charge is 0.508 e. The van der Waals surface area contributed by atoms with E-state index >= 15 is 0 Å². The van der Waals surface area contributed by atoms with Crippen molar-refractivity contribution in [1.29, 1.82) is 0 Å². The Morgan fingerprint density at radius 3 is 1.84 bits per heavy atom. The number of fused-ring (bicyclic) bond motifs is 2. The lowest BCUT2D eigenvalue weighted by molar-refractivity contribution is -0.144. The molecule has 33 heteroatoms. The van der Waals surface area contributed by atoms with Crippen LogP contribution in [0, 0.1) is 11.8 Å². The second kappa shape index (κ2) is 37.1. The number of aliphatic hydroxyl groups excluding tert-OH is 2. The number of nitrogens with two attached hydrogens (primary N) is 1. The summed E-state index contributed by atoms with van der Waals surface area (Å²) in [6.07, 6.45) is -1.33. The average Bonchev–Trinajstić information content (AvgIpc) is 0.902. The minimum Gasteiger partial charge on any atom is -0.508 e. The first-order valence-electron chi connectivity index (χ1n) is 31.4. The maximum absolute atomic E-state index is 14.5. The molecular weight excluding hydrogens is 1350 g/mol. The quantitative estimate of drug-likeness (QED) is 0.0243. The van der Waals surface area contributed by atoms with E-state index in [-0.39, 0.29) is 89.7 Å². The smallest absolute Gasteiger partial charge is 0.336 e. The zero-order valence-corrected chi connectivity index (χ0v) is 56.2. The molecule has 6 rings (SSSR count). The van der Waals surface area contributed by atoms with Gasteiger partial charge in [-0.1, -0.05) is 18.2 Å². The van der Waals surface area contributed by atoms with Gasteiger partial charge < -0.3 is 82.7 Å². The van der Waals surface area contributed by atoms with Gasteiger partial charge in [-0.3, -0.25) is 67.1 Å². The second-order valence-corrected chi connectivity index (χ2v) is 25.7. The fourth-order valence-electron chi connectivity index (χ4n) is 11.2. The number of carbonyl (C=O) groups is 14. The number of aromatic carboxylic acids is 1. The van der Waals surface area contributed by atoms with Crippen molar-refractivity contribution in [1.82, 2.24) is 36.8 Å². The standard InChI is InChI=1S/C67H78N8O23S2/c1-33(78)47(30-58(87)88)71-64(93)48(23-34-6-9-38(79)10-7-34)72-63(92)46(16-17-57(85)86)70-65(94)51-5-4-20-75(51)66(95)49(29-56(68)84)73-61(90)36(18-21-99-2)25-53(83)50(32-77)74-62(91)37(31-76)26-52(82)45(19-22-100-3)69-60(89)35-8-13-41(44(24-35)67(96)97)59-42-14-11-39(80)27-54(42)98-55-28-40(81)12-15-43(55)59/h6-15,24,27-28,36-37,45-51,76-77,79-80H,4-5,16-23,25-26,29-32H2,1-3H3,(H2,68,84)(H,69,89)(H,70,94)(H,71,93)(H,72,92)(H,73,90)(H,74,91)(H,85,86)(H,87,88)(H,96,97)/t36-,37+,45+,46+,47+,48+,49+,50+,51+/m1/s1. The lowest BCUT2D eigenvalue weighted by Crippen LogP contribution is -2.59. The summed E-state index contributed by atoms with van der Waals surface area (Å²) in [5.74, 6) is -17.7. The van der Waals surface area contributed by atoms with Crippen LogP contribution in [0.15, 0.2) is 88.1 Å². The second-order valence-electron chi connectivity index (χ2n) is 23.7. The lowest BCUT2D eigenvalue weighted by atomic mass is 9.89. The molecule has 8 amide bonds. The molecule has 0 spiro atoms. The van der Waals surface area contributed by atoms with Crippen molar-refractivity contribution in [3.8, 4) is 33.9 Å². The normalized spacial score (nSPS) is 15.1. The van der Waals surface area contributed by atoms with Crippen molar-refractivity contribution in [3.05, 3.63) is 106 Å². The fraction of sp³-hybridized carbons (Fsp3) is 0.418. The highest BCUT2D eigenvalue weighted by molar-refractivity contribution is 7.98. The molecule has 2 heterocycles. The third kappa shape index (κ3) is 21.9. The van der Waals surface area contributed by atoms with E-state index in [0.29, 0.717) is 22.1 Å². The number of nitrogens with one attached hydrogen (secondary N) is 6. The van der Waals surface area contributed by atoms with Gasteiger partial charge in [-0.25, -0.2) is 4.79 Å². The lowest BCUT2D eigenvalue weighted by Gasteiger charge is -2.30. The highest BCUT2D eigenvalue weighted by atomic mass is 32.2. The predicted octanol–water partition coefficient (Wildman–Crippen LogP) is 0.876. The number of phenolic OH excluding ortho intramolecular Hbond substituents is 2. The molecule has 100 heavy (non-hydrogen) atoms. The Morgan fingerprint density at radius 1 is 0.600 bits per heavy atom. The van der Waals surface area contributed by atoms with Crippen LogP contribution in [0.1, 0.15) is 97.4 Å². The van der Waals surface area contributed by atoms with Gasteiger partial charge in [-0.2, -0.15) is 23.5 Å². The number of Topliss-reactive ketones (excluding diaryl/α,β-unsaturated/α-hetero) is 3. The predicted molar refractivity (Wildman–Crippen MR) is 361 cm³/mol. The number of rotatable bonds is 39. The Labute approximate surface area is 579 Å². The molecule has 0 saturated carbocycles. The Bertz CT molecular complexity index is 3940. The van der Waals surface area contributed by atoms with Crippen LogP contribution in [0.2, 0.25) is 0 Å².